The van der Waals surface area contributed by atoms with Gasteiger partial charge in [-0.15, -0.1) is 0 Å². The number of amides is 1. The van der Waals surface area contributed by atoms with E-state index in [9.17, 15) is 4.79 Å². The fourth-order valence-electron chi connectivity index (χ4n) is 3.81. The van der Waals surface area contributed by atoms with Crippen molar-refractivity contribution in [2.24, 2.45) is 0 Å². The Morgan fingerprint density at radius 1 is 0.794 bits per heavy atom. The summed E-state index contributed by atoms with van der Waals surface area (Å²) in [5, 5.41) is 3.53. The molecule has 5 heteroatoms. The zero-order chi connectivity index (χ0) is 24.4. The van der Waals surface area contributed by atoms with Crippen LogP contribution in [0.4, 0.5) is 5.69 Å². The molecule has 0 aliphatic heterocycles. The molecule has 0 heterocycles. The first-order valence-corrected chi connectivity index (χ1v) is 13.5. The molecule has 1 amide bonds. The molecule has 1 unspecified atom stereocenters. The lowest BCUT2D eigenvalue weighted by Gasteiger charge is -2.20. The molecule has 0 aliphatic carbocycles. The number of unbranched alkanes of at least 4 members (excludes halogenated alkanes) is 10. The van der Waals surface area contributed by atoms with E-state index in [0.717, 1.165) is 18.5 Å². The summed E-state index contributed by atoms with van der Waals surface area (Å²) in [6.07, 6.45) is 14.9. The minimum atomic E-state index is -0.443. The van der Waals surface area contributed by atoms with Crippen LogP contribution in [0.25, 0.3) is 0 Å². The Bertz CT molecular complexity index is 809. The molecule has 0 aliphatic rings. The lowest BCUT2D eigenvalue weighted by molar-refractivity contribution is -0.116. The summed E-state index contributed by atoms with van der Waals surface area (Å²) in [6.45, 7) is 4.25. The van der Waals surface area contributed by atoms with E-state index in [0.29, 0.717) is 29.4 Å². The maximum absolute atomic E-state index is 12.2. The summed E-state index contributed by atoms with van der Waals surface area (Å²) >= 11 is 6.17. The third kappa shape index (κ3) is 11.8. The second-order valence-electron chi connectivity index (χ2n) is 8.86. The maximum Gasteiger partial charge on any atom is 0.240 e. The molecule has 2 aromatic carbocycles. The summed E-state index contributed by atoms with van der Waals surface area (Å²) in [6, 6.07) is 14.8. The highest BCUT2D eigenvalue weighted by atomic mass is 35.5. The highest BCUT2D eigenvalue weighted by molar-refractivity contribution is 6.32. The predicted octanol–water partition coefficient (Wildman–Crippen LogP) is 9.17. The molecule has 0 spiro atoms. The molecule has 1 N–H and O–H groups in total. The Balaban J connectivity index is 1.60. The van der Waals surface area contributed by atoms with E-state index in [1.54, 1.807) is 6.07 Å². The molecular formula is C29H42ClNO3. The van der Waals surface area contributed by atoms with Gasteiger partial charge in [-0.2, -0.15) is 0 Å². The molecule has 2 rings (SSSR count). The lowest BCUT2D eigenvalue weighted by Crippen LogP contribution is -2.23. The van der Waals surface area contributed by atoms with Crippen molar-refractivity contribution >= 4 is 23.2 Å². The fourth-order valence-corrected chi connectivity index (χ4v) is 3.99. The summed E-state index contributed by atoms with van der Waals surface area (Å²) in [7, 11) is 0. The zero-order valence-corrected chi connectivity index (χ0v) is 21.7. The van der Waals surface area contributed by atoms with Gasteiger partial charge in [-0.1, -0.05) is 102 Å². The highest BCUT2D eigenvalue weighted by Crippen LogP contribution is 2.26. The number of carbonyl (C=O) groups is 1. The van der Waals surface area contributed by atoms with Crippen LogP contribution in [0, 0.1) is 0 Å². The van der Waals surface area contributed by atoms with Crippen molar-refractivity contribution in [3.8, 4) is 11.5 Å². The Kier molecular flexibility index (Phi) is 14.2. The number of benzene rings is 2. The van der Waals surface area contributed by atoms with Crippen LogP contribution < -0.4 is 14.8 Å². The van der Waals surface area contributed by atoms with Crippen LogP contribution in [0.1, 0.15) is 97.3 Å². The molecule has 1 atom stereocenters. The smallest absolute Gasteiger partial charge is 0.240 e. The van der Waals surface area contributed by atoms with Crippen molar-refractivity contribution < 1.29 is 14.3 Å². The number of halogens is 1. The van der Waals surface area contributed by atoms with E-state index in [1.807, 2.05) is 49.4 Å². The van der Waals surface area contributed by atoms with Crippen LogP contribution in [0.5, 0.6) is 11.5 Å². The van der Waals surface area contributed by atoms with Gasteiger partial charge in [-0.05, 0) is 42.8 Å². The number of rotatable bonds is 18. The molecule has 0 fully saturated rings. The van der Waals surface area contributed by atoms with E-state index in [2.05, 4.69) is 12.2 Å². The second kappa shape index (κ2) is 17.3. The van der Waals surface area contributed by atoms with Crippen LogP contribution in [-0.4, -0.2) is 12.2 Å². The van der Waals surface area contributed by atoms with Crippen LogP contribution in [-0.2, 0) is 4.79 Å². The molecule has 2 aromatic rings. The molecule has 0 aromatic heterocycles. The molecule has 188 valence electrons. The van der Waals surface area contributed by atoms with Gasteiger partial charge in [0.15, 0.2) is 0 Å². The van der Waals surface area contributed by atoms with Gasteiger partial charge < -0.3 is 14.8 Å². The molecule has 0 saturated carbocycles. The standard InChI is InChI=1S/C29H42ClNO3/c1-3-5-6-7-8-9-10-11-12-13-14-19-28(32)31-24-20-22-25(23-21-24)33-29(4-2)34-27-18-16-15-17-26(27)30/h15-18,20-23,29H,3-14,19H2,1-2H3,(H,31,32). The normalized spacial score (nSPS) is 11.7. The predicted molar refractivity (Wildman–Crippen MR) is 143 cm³/mol. The summed E-state index contributed by atoms with van der Waals surface area (Å²) in [4.78, 5) is 12.2. The van der Waals surface area contributed by atoms with Crippen molar-refractivity contribution in [2.45, 2.75) is 104 Å². The van der Waals surface area contributed by atoms with Crippen LogP contribution in [0.3, 0.4) is 0 Å². The monoisotopic (exact) mass is 487 g/mol. The number of nitrogens with one attached hydrogen (secondary N) is 1. The van der Waals surface area contributed by atoms with Gasteiger partial charge in [-0.25, -0.2) is 0 Å². The summed E-state index contributed by atoms with van der Waals surface area (Å²) < 4.78 is 11.8. The number of hydrogen-bond acceptors (Lipinski definition) is 3. The van der Waals surface area contributed by atoms with Crippen LogP contribution in [0.2, 0.25) is 5.02 Å². The van der Waals surface area contributed by atoms with Gasteiger partial charge in [0.2, 0.25) is 12.2 Å². The first-order valence-electron chi connectivity index (χ1n) is 13.1. The highest BCUT2D eigenvalue weighted by Gasteiger charge is 2.12. The van der Waals surface area contributed by atoms with Crippen molar-refractivity contribution in [1.82, 2.24) is 0 Å². The van der Waals surface area contributed by atoms with Gasteiger partial charge in [0.05, 0.1) is 5.02 Å². The van der Waals surface area contributed by atoms with Crippen molar-refractivity contribution in [3.63, 3.8) is 0 Å². The molecule has 0 saturated heterocycles. The van der Waals surface area contributed by atoms with Crippen molar-refractivity contribution in [1.29, 1.82) is 0 Å². The third-order valence-electron chi connectivity index (χ3n) is 5.84. The van der Waals surface area contributed by atoms with E-state index < -0.39 is 6.29 Å². The molecular weight excluding hydrogens is 446 g/mol. The van der Waals surface area contributed by atoms with E-state index >= 15 is 0 Å². The third-order valence-corrected chi connectivity index (χ3v) is 6.15. The van der Waals surface area contributed by atoms with Gasteiger partial charge in [0.25, 0.3) is 0 Å². The maximum atomic E-state index is 12.2. The summed E-state index contributed by atoms with van der Waals surface area (Å²) in [5.74, 6) is 1.35. The van der Waals surface area contributed by atoms with E-state index in [-0.39, 0.29) is 5.91 Å². The quantitative estimate of drug-likeness (QED) is 0.168. The fraction of sp³-hybridized carbons (Fsp3) is 0.552. The Labute approximate surface area is 211 Å². The Morgan fingerprint density at radius 2 is 1.38 bits per heavy atom. The lowest BCUT2D eigenvalue weighted by atomic mass is 10.1. The number of hydrogen-bond donors (Lipinski definition) is 1. The first kappa shape index (κ1) is 28.0. The van der Waals surface area contributed by atoms with Crippen LogP contribution in [0.15, 0.2) is 48.5 Å². The average molecular weight is 488 g/mol. The number of para-hydroxylation sites is 1. The van der Waals surface area contributed by atoms with Crippen molar-refractivity contribution in [3.05, 3.63) is 53.6 Å². The molecule has 0 bridgehead atoms. The minimum Gasteiger partial charge on any atom is -0.455 e. The number of ether oxygens (including phenoxy) is 2. The van der Waals surface area contributed by atoms with E-state index in [4.69, 9.17) is 21.1 Å². The molecule has 4 nitrogen and oxygen atoms in total. The minimum absolute atomic E-state index is 0.0677. The van der Waals surface area contributed by atoms with Gasteiger partial charge in [-0.3, -0.25) is 4.79 Å². The van der Waals surface area contributed by atoms with Gasteiger partial charge >= 0.3 is 0 Å². The van der Waals surface area contributed by atoms with Crippen molar-refractivity contribution in [2.75, 3.05) is 5.32 Å². The molecule has 34 heavy (non-hydrogen) atoms. The average Bonchev–Trinajstić information content (AvgIpc) is 2.84. The second-order valence-corrected chi connectivity index (χ2v) is 9.27. The Hall–Kier alpha value is -2.20. The van der Waals surface area contributed by atoms with Gasteiger partial charge in [0, 0.05) is 18.5 Å². The first-order chi connectivity index (χ1) is 16.6. The summed E-state index contributed by atoms with van der Waals surface area (Å²) in [5.41, 5.74) is 0.778. The number of carbonyl (C=O) groups excluding carboxylic acids is 1. The van der Waals surface area contributed by atoms with Crippen LogP contribution >= 0.6 is 11.6 Å². The SMILES string of the molecule is CCCCCCCCCCCCCC(=O)Nc1ccc(OC(CC)Oc2ccccc2Cl)cc1. The molecule has 0 radical (unpaired) electrons. The Morgan fingerprint density at radius 3 is 1.97 bits per heavy atom. The van der Waals surface area contributed by atoms with Gasteiger partial charge in [0.1, 0.15) is 11.5 Å². The largest absolute Gasteiger partial charge is 0.455 e. The van der Waals surface area contributed by atoms with E-state index in [1.165, 1.54) is 57.8 Å². The topological polar surface area (TPSA) is 47.6 Å². The zero-order valence-electron chi connectivity index (χ0n) is 21.0. The number of anilines is 1.